The molecule has 3 nitrogen and oxygen atoms in total. The molecule has 0 aliphatic heterocycles. The predicted octanol–water partition coefficient (Wildman–Crippen LogP) is 2.97. The van der Waals surface area contributed by atoms with Crippen LogP contribution in [0.25, 0.3) is 12.2 Å². The highest BCUT2D eigenvalue weighted by Crippen LogP contribution is 2.17. The van der Waals surface area contributed by atoms with Gasteiger partial charge in [0, 0.05) is 6.20 Å². The number of hydrogen-bond donors (Lipinski definition) is 1. The number of phenols is 1. The van der Waals surface area contributed by atoms with E-state index in [-0.39, 0.29) is 5.75 Å². The Bertz CT molecular complexity index is 627. The molecule has 0 amide bonds. The number of rotatable bonds is 2. The van der Waals surface area contributed by atoms with E-state index in [9.17, 15) is 4.39 Å². The van der Waals surface area contributed by atoms with E-state index < -0.39 is 5.82 Å². The molecule has 2 aromatic rings. The summed E-state index contributed by atoms with van der Waals surface area (Å²) >= 11 is 0. The van der Waals surface area contributed by atoms with Gasteiger partial charge >= 0.3 is 0 Å². The zero-order valence-corrected chi connectivity index (χ0v) is 9.34. The second-order valence-corrected chi connectivity index (χ2v) is 3.63. The van der Waals surface area contributed by atoms with E-state index >= 15 is 0 Å². The molecular weight excluding hydrogens is 231 g/mol. The Kier molecular flexibility index (Phi) is 3.35. The molecule has 0 saturated carbocycles. The van der Waals surface area contributed by atoms with Gasteiger partial charge in [-0.1, -0.05) is 12.1 Å². The van der Waals surface area contributed by atoms with Crippen LogP contribution in [0, 0.1) is 17.1 Å². The van der Waals surface area contributed by atoms with Crippen molar-refractivity contribution in [3.63, 3.8) is 0 Å². The molecule has 0 fully saturated rings. The first kappa shape index (κ1) is 11.8. The Morgan fingerprint density at radius 1 is 1.22 bits per heavy atom. The van der Waals surface area contributed by atoms with Crippen LogP contribution in [0.1, 0.15) is 16.8 Å². The molecule has 0 spiro atoms. The van der Waals surface area contributed by atoms with Crippen LogP contribution in [-0.2, 0) is 0 Å². The fourth-order valence-corrected chi connectivity index (χ4v) is 1.38. The predicted molar refractivity (Wildman–Crippen MR) is 65.9 cm³/mol. The summed E-state index contributed by atoms with van der Waals surface area (Å²) in [6, 6.07) is 9.46. The zero-order chi connectivity index (χ0) is 13.0. The quantitative estimate of drug-likeness (QED) is 0.877. The standard InChI is InChI=1S/C14H9FN2O/c15-13-7-10(3-6-14(13)18)1-4-12-5-2-11(8-16)9-17-12/h1-7,9,18H. The van der Waals surface area contributed by atoms with Crippen LogP contribution in [0.5, 0.6) is 5.75 Å². The van der Waals surface area contributed by atoms with Gasteiger partial charge in [0.05, 0.1) is 11.3 Å². The molecule has 1 heterocycles. The number of nitriles is 1. The van der Waals surface area contributed by atoms with Crippen LogP contribution >= 0.6 is 0 Å². The van der Waals surface area contributed by atoms with Crippen LogP contribution in [-0.4, -0.2) is 10.1 Å². The van der Waals surface area contributed by atoms with E-state index in [1.54, 1.807) is 30.4 Å². The van der Waals surface area contributed by atoms with Crippen molar-refractivity contribution in [3.8, 4) is 11.8 Å². The zero-order valence-electron chi connectivity index (χ0n) is 9.34. The molecule has 0 aliphatic rings. The normalized spacial score (nSPS) is 10.4. The number of aromatic nitrogens is 1. The van der Waals surface area contributed by atoms with E-state index in [0.717, 1.165) is 0 Å². The van der Waals surface area contributed by atoms with Crippen LogP contribution in [0.3, 0.4) is 0 Å². The maximum Gasteiger partial charge on any atom is 0.165 e. The van der Waals surface area contributed by atoms with Crippen molar-refractivity contribution in [2.24, 2.45) is 0 Å². The highest BCUT2D eigenvalue weighted by atomic mass is 19.1. The number of hydrogen-bond acceptors (Lipinski definition) is 3. The number of nitrogens with zero attached hydrogens (tertiary/aromatic N) is 2. The molecular formula is C14H9FN2O. The van der Waals surface area contributed by atoms with Crippen LogP contribution in [0.15, 0.2) is 36.5 Å². The Balaban J connectivity index is 2.19. The van der Waals surface area contributed by atoms with Crippen molar-refractivity contribution in [2.45, 2.75) is 0 Å². The van der Waals surface area contributed by atoms with Crippen molar-refractivity contribution in [2.75, 3.05) is 0 Å². The van der Waals surface area contributed by atoms with Gasteiger partial charge in [0.2, 0.25) is 0 Å². The lowest BCUT2D eigenvalue weighted by Crippen LogP contribution is -1.82. The highest BCUT2D eigenvalue weighted by molar-refractivity contribution is 5.68. The Labute approximate surface area is 103 Å². The van der Waals surface area contributed by atoms with Crippen LogP contribution in [0.4, 0.5) is 4.39 Å². The summed E-state index contributed by atoms with van der Waals surface area (Å²) in [5.74, 6) is -1.03. The molecule has 1 N–H and O–H groups in total. The summed E-state index contributed by atoms with van der Waals surface area (Å²) in [5.41, 5.74) is 1.78. The third-order valence-electron chi connectivity index (χ3n) is 2.33. The van der Waals surface area contributed by atoms with Gasteiger partial charge in [0.15, 0.2) is 11.6 Å². The molecule has 4 heteroatoms. The molecule has 0 bridgehead atoms. The fourth-order valence-electron chi connectivity index (χ4n) is 1.38. The Hall–Kier alpha value is -2.67. The molecule has 0 unspecified atom stereocenters. The van der Waals surface area contributed by atoms with Crippen molar-refractivity contribution in [1.82, 2.24) is 4.98 Å². The Morgan fingerprint density at radius 3 is 2.67 bits per heavy atom. The fraction of sp³-hybridized carbons (Fsp3) is 0. The topological polar surface area (TPSA) is 56.9 Å². The summed E-state index contributed by atoms with van der Waals surface area (Å²) in [6.45, 7) is 0. The van der Waals surface area contributed by atoms with Crippen molar-refractivity contribution < 1.29 is 9.50 Å². The van der Waals surface area contributed by atoms with Crippen LogP contribution in [0.2, 0.25) is 0 Å². The minimum atomic E-state index is -0.662. The minimum absolute atomic E-state index is 0.372. The van der Waals surface area contributed by atoms with Gasteiger partial charge in [-0.3, -0.25) is 4.98 Å². The number of phenolic OH excluding ortho intramolecular Hbond substituents is 1. The smallest absolute Gasteiger partial charge is 0.165 e. The largest absolute Gasteiger partial charge is 0.505 e. The van der Waals surface area contributed by atoms with Gasteiger partial charge in [-0.15, -0.1) is 0 Å². The summed E-state index contributed by atoms with van der Waals surface area (Å²) in [4.78, 5) is 4.05. The number of aromatic hydroxyl groups is 1. The van der Waals surface area contributed by atoms with Gasteiger partial charge in [-0.2, -0.15) is 5.26 Å². The van der Waals surface area contributed by atoms with E-state index in [0.29, 0.717) is 16.8 Å². The van der Waals surface area contributed by atoms with E-state index in [2.05, 4.69) is 4.98 Å². The average Bonchev–Trinajstić information content (AvgIpc) is 2.41. The lowest BCUT2D eigenvalue weighted by Gasteiger charge is -1.97. The molecule has 0 aliphatic carbocycles. The summed E-state index contributed by atoms with van der Waals surface area (Å²) in [6.07, 6.45) is 4.85. The van der Waals surface area contributed by atoms with Gasteiger partial charge in [-0.05, 0) is 35.9 Å². The summed E-state index contributed by atoms with van der Waals surface area (Å²) in [7, 11) is 0. The molecule has 2 rings (SSSR count). The molecule has 18 heavy (non-hydrogen) atoms. The van der Waals surface area contributed by atoms with Crippen molar-refractivity contribution in [1.29, 1.82) is 5.26 Å². The van der Waals surface area contributed by atoms with Crippen molar-refractivity contribution in [3.05, 3.63) is 59.2 Å². The van der Waals surface area contributed by atoms with E-state index in [4.69, 9.17) is 10.4 Å². The SMILES string of the molecule is N#Cc1ccc(C=Cc2ccc(O)c(F)c2)nc1. The summed E-state index contributed by atoms with van der Waals surface area (Å²) < 4.78 is 13.1. The highest BCUT2D eigenvalue weighted by Gasteiger charge is 1.99. The minimum Gasteiger partial charge on any atom is -0.505 e. The third kappa shape index (κ3) is 2.71. The second kappa shape index (κ2) is 5.11. The molecule has 0 atom stereocenters. The first-order valence-electron chi connectivity index (χ1n) is 5.22. The van der Waals surface area contributed by atoms with Gasteiger partial charge in [-0.25, -0.2) is 4.39 Å². The first-order chi connectivity index (χ1) is 8.69. The molecule has 1 aromatic heterocycles. The first-order valence-corrected chi connectivity index (χ1v) is 5.22. The second-order valence-electron chi connectivity index (χ2n) is 3.63. The molecule has 1 aromatic carbocycles. The van der Waals surface area contributed by atoms with Gasteiger partial charge in [0.1, 0.15) is 6.07 Å². The average molecular weight is 240 g/mol. The summed E-state index contributed by atoms with van der Waals surface area (Å²) in [5, 5.41) is 17.7. The van der Waals surface area contributed by atoms with E-state index in [1.165, 1.54) is 18.3 Å². The lowest BCUT2D eigenvalue weighted by molar-refractivity contribution is 0.432. The van der Waals surface area contributed by atoms with Gasteiger partial charge in [0.25, 0.3) is 0 Å². The number of pyridine rings is 1. The third-order valence-corrected chi connectivity index (χ3v) is 2.33. The monoisotopic (exact) mass is 240 g/mol. The number of halogens is 1. The maximum absolute atomic E-state index is 13.1. The Morgan fingerprint density at radius 2 is 2.06 bits per heavy atom. The molecule has 88 valence electrons. The number of benzene rings is 1. The lowest BCUT2D eigenvalue weighted by atomic mass is 10.1. The van der Waals surface area contributed by atoms with Crippen LogP contribution < -0.4 is 0 Å². The van der Waals surface area contributed by atoms with Crippen molar-refractivity contribution >= 4 is 12.2 Å². The maximum atomic E-state index is 13.1. The molecule has 0 saturated heterocycles. The molecule has 0 radical (unpaired) electrons. The van der Waals surface area contributed by atoms with E-state index in [1.807, 2.05) is 6.07 Å². The van der Waals surface area contributed by atoms with Gasteiger partial charge < -0.3 is 5.11 Å².